The largest absolute Gasteiger partial charge is 0.497 e. The number of ether oxygens (including phenoxy) is 1. The van der Waals surface area contributed by atoms with Crippen molar-refractivity contribution < 1.29 is 13.9 Å². The number of fused-ring (bicyclic) bond motifs is 2. The van der Waals surface area contributed by atoms with Crippen molar-refractivity contribution in [3.05, 3.63) is 90.0 Å². The van der Waals surface area contributed by atoms with Gasteiger partial charge >= 0.3 is 0 Å². The van der Waals surface area contributed by atoms with Crippen LogP contribution in [0.5, 0.6) is 5.75 Å². The zero-order chi connectivity index (χ0) is 21.2. The number of carbonyl (C=O) groups excluding carboxylic acids is 1. The van der Waals surface area contributed by atoms with E-state index in [0.29, 0.717) is 28.3 Å². The predicted octanol–water partition coefficient (Wildman–Crippen LogP) is 4.23. The number of hydrogen-bond acceptors (Lipinski definition) is 5. The van der Waals surface area contributed by atoms with Crippen LogP contribution < -0.4 is 15.7 Å². The third-order valence-corrected chi connectivity index (χ3v) is 4.91. The molecule has 2 heterocycles. The minimum atomic E-state index is -0.360. The highest BCUT2D eigenvalue weighted by Crippen LogP contribution is 2.21. The molecule has 0 spiro atoms. The zero-order valence-corrected chi connectivity index (χ0v) is 16.6. The van der Waals surface area contributed by atoms with Gasteiger partial charge < -0.3 is 14.1 Å². The molecule has 5 aromatic rings. The number of nitrogens with one attached hydrogen (secondary N) is 2. The normalized spacial score (nSPS) is 11.7. The van der Waals surface area contributed by atoms with E-state index in [1.54, 1.807) is 31.4 Å². The van der Waals surface area contributed by atoms with E-state index in [2.05, 4.69) is 20.5 Å². The molecule has 0 atom stereocenters. The van der Waals surface area contributed by atoms with E-state index in [4.69, 9.17) is 9.15 Å². The second kappa shape index (κ2) is 7.79. The number of amides is 1. The van der Waals surface area contributed by atoms with E-state index in [-0.39, 0.29) is 11.5 Å². The average molecular weight is 410 g/mol. The molecule has 1 amide bonds. The maximum absolute atomic E-state index is 12.6. The lowest BCUT2D eigenvalue weighted by molar-refractivity contribution is 0.0951. The van der Waals surface area contributed by atoms with E-state index in [1.165, 1.54) is 0 Å². The molecule has 7 heteroatoms. The third-order valence-electron chi connectivity index (χ3n) is 4.91. The summed E-state index contributed by atoms with van der Waals surface area (Å²) < 4.78 is 11.1. The topological polar surface area (TPSA) is 92.5 Å². The maximum Gasteiger partial charge on any atom is 0.271 e. The number of hydrogen-bond donors (Lipinski definition) is 2. The fraction of sp³-hybridized carbons (Fsp3) is 0.0417. The summed E-state index contributed by atoms with van der Waals surface area (Å²) in [6, 6.07) is 24.1. The van der Waals surface area contributed by atoms with Gasteiger partial charge in [-0.1, -0.05) is 30.3 Å². The van der Waals surface area contributed by atoms with Gasteiger partial charge in [0.1, 0.15) is 17.2 Å². The Labute approximate surface area is 177 Å². The second-order valence-corrected chi connectivity index (χ2v) is 6.89. The van der Waals surface area contributed by atoms with Crippen molar-refractivity contribution in [2.24, 2.45) is 5.10 Å². The number of imidazole rings is 1. The lowest BCUT2D eigenvalue weighted by atomic mass is 10.2. The van der Waals surface area contributed by atoms with Gasteiger partial charge in [-0.15, -0.1) is 5.10 Å². The van der Waals surface area contributed by atoms with Crippen molar-refractivity contribution in [2.45, 2.75) is 0 Å². The molecule has 7 nitrogen and oxygen atoms in total. The number of aromatic nitrogens is 2. The van der Waals surface area contributed by atoms with Gasteiger partial charge in [0.15, 0.2) is 0 Å². The monoisotopic (exact) mass is 410 g/mol. The molecule has 0 unspecified atom stereocenters. The molecule has 0 aliphatic heterocycles. The SMILES string of the molecule is COc1ccc(C(=O)NN=c2oc3ccccc3cc2-c2nc3ccccc3[nH]2)cc1. The van der Waals surface area contributed by atoms with Crippen LogP contribution in [-0.4, -0.2) is 23.0 Å². The Hall–Kier alpha value is -4.39. The van der Waals surface area contributed by atoms with E-state index < -0.39 is 0 Å². The summed E-state index contributed by atoms with van der Waals surface area (Å²) in [6.07, 6.45) is 0. The Kier molecular flexibility index (Phi) is 4.68. The average Bonchev–Trinajstić information content (AvgIpc) is 3.26. The molecule has 31 heavy (non-hydrogen) atoms. The Balaban J connectivity index is 1.59. The molecule has 5 rings (SSSR count). The van der Waals surface area contributed by atoms with Gasteiger partial charge in [-0.2, -0.15) is 0 Å². The first-order valence-corrected chi connectivity index (χ1v) is 9.67. The van der Waals surface area contributed by atoms with Crippen LogP contribution in [0.4, 0.5) is 0 Å². The van der Waals surface area contributed by atoms with E-state index in [1.807, 2.05) is 54.6 Å². The van der Waals surface area contributed by atoms with Crippen molar-refractivity contribution >= 4 is 27.9 Å². The van der Waals surface area contributed by atoms with Crippen LogP contribution in [0.15, 0.2) is 88.4 Å². The van der Waals surface area contributed by atoms with Gasteiger partial charge in [-0.3, -0.25) is 4.79 Å². The molecular weight excluding hydrogens is 392 g/mol. The molecule has 152 valence electrons. The number of H-pyrrole nitrogens is 1. The molecule has 2 N–H and O–H groups in total. The van der Waals surface area contributed by atoms with Crippen LogP contribution in [0.1, 0.15) is 10.4 Å². The number of carbonyl (C=O) groups is 1. The zero-order valence-electron chi connectivity index (χ0n) is 16.6. The van der Waals surface area contributed by atoms with Crippen molar-refractivity contribution in [3.63, 3.8) is 0 Å². The van der Waals surface area contributed by atoms with Crippen molar-refractivity contribution in [1.82, 2.24) is 15.4 Å². The summed E-state index contributed by atoms with van der Waals surface area (Å²) in [6.45, 7) is 0. The second-order valence-electron chi connectivity index (χ2n) is 6.89. The molecule has 0 fully saturated rings. The van der Waals surface area contributed by atoms with Gasteiger partial charge in [0, 0.05) is 10.9 Å². The fourth-order valence-corrected chi connectivity index (χ4v) is 3.31. The van der Waals surface area contributed by atoms with E-state index in [0.717, 1.165) is 16.4 Å². The molecule has 0 aliphatic carbocycles. The molecule has 0 radical (unpaired) electrons. The Morgan fingerprint density at radius 1 is 1.03 bits per heavy atom. The highest BCUT2D eigenvalue weighted by Gasteiger charge is 2.12. The number of para-hydroxylation sites is 3. The molecule has 0 aliphatic rings. The molecular formula is C24H18N4O3. The standard InChI is InChI=1S/C24H18N4O3/c1-30-17-12-10-15(11-13-17)23(29)27-28-24-18(14-16-6-2-5-9-21(16)31-24)22-25-19-7-3-4-8-20(19)26-22/h2-14H,1H3,(H,25,26)(H,27,29). The Morgan fingerprint density at radius 2 is 1.81 bits per heavy atom. The van der Waals surface area contributed by atoms with Gasteiger partial charge in [-0.05, 0) is 48.5 Å². The van der Waals surface area contributed by atoms with Gasteiger partial charge in [0.25, 0.3) is 5.91 Å². The predicted molar refractivity (Wildman–Crippen MR) is 117 cm³/mol. The highest BCUT2D eigenvalue weighted by molar-refractivity contribution is 5.94. The number of aromatic amines is 1. The van der Waals surface area contributed by atoms with Crippen LogP contribution in [-0.2, 0) is 0 Å². The van der Waals surface area contributed by atoms with Crippen LogP contribution >= 0.6 is 0 Å². The van der Waals surface area contributed by atoms with Gasteiger partial charge in [0.05, 0.1) is 23.7 Å². The summed E-state index contributed by atoms with van der Waals surface area (Å²) in [5.74, 6) is 0.917. The van der Waals surface area contributed by atoms with Crippen LogP contribution in [0.3, 0.4) is 0 Å². The van der Waals surface area contributed by atoms with E-state index >= 15 is 0 Å². The first-order chi connectivity index (χ1) is 15.2. The fourth-order valence-electron chi connectivity index (χ4n) is 3.31. The van der Waals surface area contributed by atoms with Crippen molar-refractivity contribution in [2.75, 3.05) is 7.11 Å². The van der Waals surface area contributed by atoms with Crippen molar-refractivity contribution in [1.29, 1.82) is 0 Å². The first kappa shape index (κ1) is 18.6. The maximum atomic E-state index is 12.6. The van der Waals surface area contributed by atoms with Gasteiger partial charge in [0.2, 0.25) is 5.55 Å². The molecule has 0 saturated heterocycles. The lowest BCUT2D eigenvalue weighted by Crippen LogP contribution is -2.22. The minimum Gasteiger partial charge on any atom is -0.497 e. The molecule has 0 saturated carbocycles. The summed E-state index contributed by atoms with van der Waals surface area (Å²) in [4.78, 5) is 20.5. The molecule has 2 aromatic heterocycles. The molecule has 3 aromatic carbocycles. The van der Waals surface area contributed by atoms with Gasteiger partial charge in [-0.25, -0.2) is 10.4 Å². The number of benzene rings is 3. The summed E-state index contributed by atoms with van der Waals surface area (Å²) in [7, 11) is 1.57. The first-order valence-electron chi connectivity index (χ1n) is 9.67. The molecule has 0 bridgehead atoms. The third kappa shape index (κ3) is 3.64. The smallest absolute Gasteiger partial charge is 0.271 e. The number of methoxy groups -OCH3 is 1. The van der Waals surface area contributed by atoms with Crippen LogP contribution in [0.25, 0.3) is 33.4 Å². The van der Waals surface area contributed by atoms with E-state index in [9.17, 15) is 4.79 Å². The van der Waals surface area contributed by atoms with Crippen molar-refractivity contribution in [3.8, 4) is 17.1 Å². The summed E-state index contributed by atoms with van der Waals surface area (Å²) >= 11 is 0. The Morgan fingerprint density at radius 3 is 2.61 bits per heavy atom. The number of nitrogens with zero attached hydrogens (tertiary/aromatic N) is 2. The summed E-state index contributed by atoms with van der Waals surface area (Å²) in [5, 5.41) is 5.17. The highest BCUT2D eigenvalue weighted by atomic mass is 16.5. The Bertz CT molecular complexity index is 1430. The number of rotatable bonds is 4. The van der Waals surface area contributed by atoms with Crippen LogP contribution in [0, 0.1) is 0 Å². The lowest BCUT2D eigenvalue weighted by Gasteiger charge is -2.04. The summed E-state index contributed by atoms with van der Waals surface area (Å²) in [5.41, 5.74) is 6.31. The van der Waals surface area contributed by atoms with Crippen LogP contribution in [0.2, 0.25) is 0 Å². The quantitative estimate of drug-likeness (QED) is 0.434. The minimum absolute atomic E-state index is 0.250.